The van der Waals surface area contributed by atoms with E-state index in [0.717, 1.165) is 5.56 Å². The predicted molar refractivity (Wildman–Crippen MR) is 83.9 cm³/mol. The summed E-state index contributed by atoms with van der Waals surface area (Å²) in [6, 6.07) is 10.2. The first kappa shape index (κ1) is 16.0. The highest BCUT2D eigenvalue weighted by Crippen LogP contribution is 2.33. The molecule has 0 aromatic heterocycles. The lowest BCUT2D eigenvalue weighted by atomic mass is 9.82. The zero-order valence-electron chi connectivity index (χ0n) is 13.3. The van der Waals surface area contributed by atoms with Crippen LogP contribution in [0.3, 0.4) is 0 Å². The molecule has 1 aromatic carbocycles. The molecule has 0 aliphatic carbocycles. The van der Waals surface area contributed by atoms with Crippen LogP contribution in [0, 0.1) is 11.3 Å². The topological polar surface area (TPSA) is 50.4 Å². The molecule has 1 aliphatic heterocycles. The second kappa shape index (κ2) is 6.58. The van der Waals surface area contributed by atoms with Crippen LogP contribution >= 0.6 is 0 Å². The Hall–Kier alpha value is -1.39. The van der Waals surface area contributed by atoms with E-state index in [2.05, 4.69) is 43.5 Å². The van der Waals surface area contributed by atoms with Crippen LogP contribution < -0.4 is 10.6 Å². The summed E-state index contributed by atoms with van der Waals surface area (Å²) in [7, 11) is 1.87. The fourth-order valence-electron chi connectivity index (χ4n) is 2.79. The first-order valence-corrected chi connectivity index (χ1v) is 7.54. The van der Waals surface area contributed by atoms with Gasteiger partial charge in [0.05, 0.1) is 25.2 Å². The van der Waals surface area contributed by atoms with E-state index in [1.807, 2.05) is 25.2 Å². The number of carbonyl (C=O) groups is 1. The molecule has 1 aromatic rings. The molecule has 4 nitrogen and oxygen atoms in total. The maximum absolute atomic E-state index is 12.6. The van der Waals surface area contributed by atoms with Gasteiger partial charge in [0.1, 0.15) is 0 Å². The summed E-state index contributed by atoms with van der Waals surface area (Å²) in [6.07, 6.45) is 0. The second-order valence-corrected chi connectivity index (χ2v) is 6.76. The minimum absolute atomic E-state index is 0.00990. The van der Waals surface area contributed by atoms with Crippen molar-refractivity contribution in [2.45, 2.75) is 32.9 Å². The number of benzene rings is 1. The van der Waals surface area contributed by atoms with Crippen molar-refractivity contribution in [1.29, 1.82) is 0 Å². The van der Waals surface area contributed by atoms with E-state index in [-0.39, 0.29) is 29.3 Å². The van der Waals surface area contributed by atoms with E-state index in [9.17, 15) is 4.79 Å². The molecule has 1 aliphatic rings. The summed E-state index contributed by atoms with van der Waals surface area (Å²) in [5.41, 5.74) is 1.09. The summed E-state index contributed by atoms with van der Waals surface area (Å²) < 4.78 is 5.43. The van der Waals surface area contributed by atoms with E-state index in [4.69, 9.17) is 4.74 Å². The van der Waals surface area contributed by atoms with E-state index in [1.165, 1.54) is 0 Å². The van der Waals surface area contributed by atoms with Gasteiger partial charge in [0.15, 0.2) is 0 Å². The molecule has 4 heteroatoms. The van der Waals surface area contributed by atoms with Gasteiger partial charge in [0, 0.05) is 6.04 Å². The minimum atomic E-state index is -0.122. The lowest BCUT2D eigenvalue weighted by Gasteiger charge is -2.33. The Kier molecular flexibility index (Phi) is 5.01. The van der Waals surface area contributed by atoms with Crippen LogP contribution in [0.4, 0.5) is 0 Å². The molecule has 1 amide bonds. The van der Waals surface area contributed by atoms with Crippen molar-refractivity contribution in [3.05, 3.63) is 35.9 Å². The summed E-state index contributed by atoms with van der Waals surface area (Å²) in [4.78, 5) is 12.6. The Morgan fingerprint density at radius 3 is 2.48 bits per heavy atom. The highest BCUT2D eigenvalue weighted by Gasteiger charge is 2.36. The number of rotatable bonds is 4. The van der Waals surface area contributed by atoms with Gasteiger partial charge in [-0.15, -0.1) is 0 Å². The quantitative estimate of drug-likeness (QED) is 0.893. The molecule has 1 heterocycles. The summed E-state index contributed by atoms with van der Waals surface area (Å²) >= 11 is 0. The van der Waals surface area contributed by atoms with Gasteiger partial charge in [-0.3, -0.25) is 4.79 Å². The van der Waals surface area contributed by atoms with Gasteiger partial charge in [-0.1, -0.05) is 51.1 Å². The molecule has 3 unspecified atom stereocenters. The number of amides is 1. The highest BCUT2D eigenvalue weighted by atomic mass is 16.5. The third kappa shape index (κ3) is 3.83. The smallest absolute Gasteiger partial charge is 0.227 e. The van der Waals surface area contributed by atoms with E-state index >= 15 is 0 Å². The molecular weight excluding hydrogens is 264 g/mol. The van der Waals surface area contributed by atoms with Crippen LogP contribution in [0.25, 0.3) is 0 Å². The maximum Gasteiger partial charge on any atom is 0.227 e. The average Bonchev–Trinajstić information content (AvgIpc) is 2.92. The van der Waals surface area contributed by atoms with Crippen LogP contribution in [0.2, 0.25) is 0 Å². The molecule has 2 N–H and O–H groups in total. The van der Waals surface area contributed by atoms with Crippen LogP contribution in [0.15, 0.2) is 30.3 Å². The van der Waals surface area contributed by atoms with Gasteiger partial charge in [0.2, 0.25) is 5.91 Å². The van der Waals surface area contributed by atoms with Gasteiger partial charge in [-0.2, -0.15) is 0 Å². The molecule has 116 valence electrons. The zero-order chi connectivity index (χ0) is 15.5. The van der Waals surface area contributed by atoms with Crippen LogP contribution in [-0.4, -0.2) is 32.2 Å². The van der Waals surface area contributed by atoms with E-state index in [0.29, 0.717) is 13.2 Å². The van der Waals surface area contributed by atoms with Gasteiger partial charge in [0.25, 0.3) is 0 Å². The number of likely N-dealkylation sites (N-methyl/N-ethyl adjacent to an activating group) is 1. The third-order valence-electron chi connectivity index (χ3n) is 4.07. The Balaban J connectivity index is 2.14. The van der Waals surface area contributed by atoms with Crippen molar-refractivity contribution in [2.75, 3.05) is 20.3 Å². The van der Waals surface area contributed by atoms with E-state index < -0.39 is 0 Å². The van der Waals surface area contributed by atoms with Crippen molar-refractivity contribution in [2.24, 2.45) is 11.3 Å². The Bertz CT molecular complexity index is 467. The average molecular weight is 290 g/mol. The maximum atomic E-state index is 12.6. The summed E-state index contributed by atoms with van der Waals surface area (Å²) in [6.45, 7) is 7.52. The van der Waals surface area contributed by atoms with Crippen LogP contribution in [0.5, 0.6) is 0 Å². The Labute approximate surface area is 127 Å². The first-order valence-electron chi connectivity index (χ1n) is 7.54. The zero-order valence-corrected chi connectivity index (χ0v) is 13.3. The van der Waals surface area contributed by atoms with Crippen molar-refractivity contribution < 1.29 is 9.53 Å². The lowest BCUT2D eigenvalue weighted by molar-refractivity contribution is -0.127. The summed E-state index contributed by atoms with van der Waals surface area (Å²) in [5.74, 6) is -0.0563. The Morgan fingerprint density at radius 2 is 1.90 bits per heavy atom. The van der Waals surface area contributed by atoms with Gasteiger partial charge >= 0.3 is 0 Å². The number of hydrogen-bond donors (Lipinski definition) is 2. The van der Waals surface area contributed by atoms with Gasteiger partial charge in [-0.25, -0.2) is 0 Å². The van der Waals surface area contributed by atoms with Crippen molar-refractivity contribution in [3.8, 4) is 0 Å². The number of nitrogens with one attached hydrogen (secondary N) is 2. The molecule has 1 fully saturated rings. The van der Waals surface area contributed by atoms with Crippen molar-refractivity contribution >= 4 is 5.91 Å². The molecule has 0 bridgehead atoms. The largest absolute Gasteiger partial charge is 0.379 e. The standard InChI is InChI=1S/C17H26N2O2/c1-17(2,3)15(12-8-6-5-7-9-12)19-16(20)13-10-21-11-14(13)18-4/h5-9,13-15,18H,10-11H2,1-4H3,(H,19,20). The molecule has 0 saturated carbocycles. The van der Waals surface area contributed by atoms with Crippen molar-refractivity contribution in [3.63, 3.8) is 0 Å². The monoisotopic (exact) mass is 290 g/mol. The minimum Gasteiger partial charge on any atom is -0.379 e. The lowest BCUT2D eigenvalue weighted by Crippen LogP contribution is -2.46. The third-order valence-corrected chi connectivity index (χ3v) is 4.07. The summed E-state index contributed by atoms with van der Waals surface area (Å²) in [5, 5.41) is 6.38. The number of hydrogen-bond acceptors (Lipinski definition) is 3. The second-order valence-electron chi connectivity index (χ2n) is 6.76. The predicted octanol–water partition coefficient (Wildman–Crippen LogP) is 2.12. The fraction of sp³-hybridized carbons (Fsp3) is 0.588. The van der Waals surface area contributed by atoms with Crippen LogP contribution in [0.1, 0.15) is 32.4 Å². The number of carbonyl (C=O) groups excluding carboxylic acids is 1. The molecule has 21 heavy (non-hydrogen) atoms. The highest BCUT2D eigenvalue weighted by molar-refractivity contribution is 5.80. The van der Waals surface area contributed by atoms with Crippen molar-refractivity contribution in [1.82, 2.24) is 10.6 Å². The Morgan fingerprint density at radius 1 is 1.24 bits per heavy atom. The fourth-order valence-corrected chi connectivity index (χ4v) is 2.79. The van der Waals surface area contributed by atoms with E-state index in [1.54, 1.807) is 0 Å². The molecular formula is C17H26N2O2. The van der Waals surface area contributed by atoms with Crippen LogP contribution in [-0.2, 0) is 9.53 Å². The van der Waals surface area contributed by atoms with Gasteiger partial charge in [-0.05, 0) is 18.0 Å². The molecule has 2 rings (SSSR count). The molecule has 1 saturated heterocycles. The molecule has 0 radical (unpaired) electrons. The normalized spacial score (nSPS) is 23.8. The SMILES string of the molecule is CNC1COCC1C(=O)NC(c1ccccc1)C(C)(C)C. The molecule has 0 spiro atoms. The molecule has 3 atom stereocenters. The van der Waals surface area contributed by atoms with Gasteiger partial charge < -0.3 is 15.4 Å². The first-order chi connectivity index (χ1) is 9.93. The number of ether oxygens (including phenoxy) is 1.